The zero-order chi connectivity index (χ0) is 28.5. The molecule has 0 unspecified atom stereocenters. The first-order valence-corrected chi connectivity index (χ1v) is 13.6. The molecule has 7 heteroatoms. The van der Waals surface area contributed by atoms with E-state index in [1.54, 1.807) is 31.2 Å². The first-order valence-electron chi connectivity index (χ1n) is 13.6. The van der Waals surface area contributed by atoms with Crippen LogP contribution in [-0.4, -0.2) is 45.6 Å². The lowest BCUT2D eigenvalue weighted by Crippen LogP contribution is -2.54. The van der Waals surface area contributed by atoms with Gasteiger partial charge in [0.05, 0.1) is 11.1 Å². The molecule has 204 valence electrons. The van der Waals surface area contributed by atoms with Gasteiger partial charge >= 0.3 is 5.97 Å². The zero-order valence-corrected chi connectivity index (χ0v) is 22.5. The van der Waals surface area contributed by atoms with E-state index in [9.17, 15) is 19.2 Å². The van der Waals surface area contributed by atoms with E-state index in [1.165, 1.54) is 4.90 Å². The summed E-state index contributed by atoms with van der Waals surface area (Å²) in [4.78, 5) is 57.2. The van der Waals surface area contributed by atoms with E-state index in [4.69, 9.17) is 4.74 Å². The van der Waals surface area contributed by atoms with Crippen molar-refractivity contribution in [2.75, 3.05) is 0 Å². The van der Waals surface area contributed by atoms with Crippen LogP contribution >= 0.6 is 0 Å². The van der Waals surface area contributed by atoms with E-state index < -0.39 is 41.9 Å². The molecule has 0 radical (unpaired) electrons. The Balaban J connectivity index is 1.33. The van der Waals surface area contributed by atoms with Crippen LogP contribution in [0.5, 0.6) is 0 Å². The van der Waals surface area contributed by atoms with E-state index in [0.29, 0.717) is 0 Å². The van der Waals surface area contributed by atoms with Gasteiger partial charge in [0.25, 0.3) is 11.8 Å². The highest BCUT2D eigenvalue weighted by atomic mass is 16.5. The van der Waals surface area contributed by atoms with Gasteiger partial charge < -0.3 is 9.64 Å². The first-order chi connectivity index (χ1) is 19.9. The maximum Gasteiger partial charge on any atom is 0.329 e. The highest BCUT2D eigenvalue weighted by Crippen LogP contribution is 2.32. The van der Waals surface area contributed by atoms with E-state index in [-0.39, 0.29) is 24.1 Å². The molecule has 0 aromatic heterocycles. The fraction of sp³-hybridized carbons (Fsp3) is 0.176. The van der Waals surface area contributed by atoms with Crippen molar-refractivity contribution in [1.82, 2.24) is 9.80 Å². The van der Waals surface area contributed by atoms with Crippen molar-refractivity contribution in [3.8, 4) is 0 Å². The number of hydrogen-bond acceptors (Lipinski definition) is 5. The van der Waals surface area contributed by atoms with Gasteiger partial charge in [0.2, 0.25) is 5.91 Å². The van der Waals surface area contributed by atoms with E-state index >= 15 is 0 Å². The topological polar surface area (TPSA) is 84.0 Å². The second kappa shape index (κ2) is 10.8. The Hall–Kier alpha value is -5.04. The number of carbonyl (C=O) groups is 4. The Morgan fingerprint density at radius 2 is 1.20 bits per heavy atom. The number of benzene rings is 4. The molecular formula is C34H28N2O5. The lowest BCUT2D eigenvalue weighted by atomic mass is 10.0. The highest BCUT2D eigenvalue weighted by Gasteiger charge is 2.46. The van der Waals surface area contributed by atoms with Gasteiger partial charge in [-0.15, -0.1) is 0 Å². The number of hydrogen-bond donors (Lipinski definition) is 0. The monoisotopic (exact) mass is 544 g/mol. The summed E-state index contributed by atoms with van der Waals surface area (Å²) in [6, 6.07) is 30.9. The van der Waals surface area contributed by atoms with Crippen LogP contribution in [0.25, 0.3) is 0 Å². The molecule has 0 aliphatic carbocycles. The van der Waals surface area contributed by atoms with Crippen molar-refractivity contribution in [1.29, 1.82) is 0 Å². The first kappa shape index (κ1) is 26.2. The average molecular weight is 545 g/mol. The Morgan fingerprint density at radius 3 is 1.76 bits per heavy atom. The molecule has 0 saturated carbocycles. The van der Waals surface area contributed by atoms with E-state index in [0.717, 1.165) is 27.2 Å². The molecule has 4 aromatic rings. The molecule has 0 saturated heterocycles. The molecule has 0 spiro atoms. The molecule has 0 N–H and O–H groups in total. The molecule has 2 atom stereocenters. The zero-order valence-electron chi connectivity index (χ0n) is 22.5. The summed E-state index contributed by atoms with van der Waals surface area (Å²) in [5, 5.41) is 0. The van der Waals surface area contributed by atoms with Crippen molar-refractivity contribution in [3.63, 3.8) is 0 Å². The molecular weight excluding hydrogens is 516 g/mol. The number of imide groups is 1. The molecule has 2 aliphatic heterocycles. The standard InChI is InChI=1S/C34H28N2O5/c1-22(34(40)41-30(23-12-4-2-5-13-23)24-14-6-3-7-15-24)35-21-26-17-9-8-16-25(26)20-29(33(35)39)36-31(37)27-18-10-11-19-28(27)32(36)38/h2-19,22,29-30H,20-21H2,1H3/t22-,29-/m0/s1. The number of ether oxygens (including phenoxy) is 1. The van der Waals surface area contributed by atoms with Crippen LogP contribution in [0.3, 0.4) is 0 Å². The van der Waals surface area contributed by atoms with Crippen LogP contribution in [0.2, 0.25) is 0 Å². The normalized spacial score (nSPS) is 17.2. The van der Waals surface area contributed by atoms with Crippen LogP contribution in [-0.2, 0) is 27.3 Å². The van der Waals surface area contributed by atoms with Crippen LogP contribution < -0.4 is 0 Å². The smallest absolute Gasteiger partial charge is 0.329 e. The second-order valence-electron chi connectivity index (χ2n) is 10.3. The molecule has 4 aromatic carbocycles. The number of nitrogens with zero attached hydrogens (tertiary/aromatic N) is 2. The number of amides is 3. The van der Waals surface area contributed by atoms with Crippen LogP contribution in [0.15, 0.2) is 109 Å². The summed E-state index contributed by atoms with van der Waals surface area (Å²) in [7, 11) is 0. The fourth-order valence-corrected chi connectivity index (χ4v) is 5.61. The number of fused-ring (bicyclic) bond motifs is 2. The molecule has 0 bridgehead atoms. The van der Waals surface area contributed by atoms with Gasteiger partial charge in [-0.05, 0) is 41.3 Å². The summed E-state index contributed by atoms with van der Waals surface area (Å²) in [5.74, 6) is -2.08. The largest absolute Gasteiger partial charge is 0.451 e. The van der Waals surface area contributed by atoms with E-state index in [1.807, 2.05) is 84.9 Å². The van der Waals surface area contributed by atoms with Crippen molar-refractivity contribution in [2.24, 2.45) is 0 Å². The maximum absolute atomic E-state index is 14.2. The summed E-state index contributed by atoms with van der Waals surface area (Å²) in [5.41, 5.74) is 3.84. The van der Waals surface area contributed by atoms with Crippen molar-refractivity contribution in [2.45, 2.75) is 38.1 Å². The Kier molecular flexibility index (Phi) is 6.93. The third-order valence-electron chi connectivity index (χ3n) is 7.82. The Morgan fingerprint density at radius 1 is 0.707 bits per heavy atom. The summed E-state index contributed by atoms with van der Waals surface area (Å²) in [6.07, 6.45) is -0.510. The molecule has 3 amide bonds. The fourth-order valence-electron chi connectivity index (χ4n) is 5.61. The number of carbonyl (C=O) groups excluding carboxylic acids is 4. The minimum absolute atomic E-state index is 0.145. The van der Waals surface area contributed by atoms with Crippen molar-refractivity contribution in [3.05, 3.63) is 143 Å². The summed E-state index contributed by atoms with van der Waals surface area (Å²) >= 11 is 0. The van der Waals surface area contributed by atoms with Gasteiger partial charge in [-0.1, -0.05) is 97.1 Å². The number of rotatable bonds is 6. The Bertz CT molecular complexity index is 1560. The van der Waals surface area contributed by atoms with Crippen molar-refractivity contribution >= 4 is 23.7 Å². The van der Waals surface area contributed by atoms with Gasteiger partial charge in [-0.2, -0.15) is 0 Å². The van der Waals surface area contributed by atoms with E-state index in [2.05, 4.69) is 0 Å². The molecule has 0 fully saturated rings. The lowest BCUT2D eigenvalue weighted by molar-refractivity contribution is -0.159. The van der Waals surface area contributed by atoms with Gasteiger partial charge in [0.15, 0.2) is 6.10 Å². The molecule has 2 heterocycles. The van der Waals surface area contributed by atoms with Gasteiger partial charge in [0, 0.05) is 13.0 Å². The minimum Gasteiger partial charge on any atom is -0.451 e. The minimum atomic E-state index is -1.10. The van der Waals surface area contributed by atoms with Crippen LogP contribution in [0, 0.1) is 0 Å². The quantitative estimate of drug-likeness (QED) is 0.253. The second-order valence-corrected chi connectivity index (χ2v) is 10.3. The molecule has 2 aliphatic rings. The predicted octanol–water partition coefficient (Wildman–Crippen LogP) is 4.96. The van der Waals surface area contributed by atoms with Crippen LogP contribution in [0.1, 0.15) is 56.0 Å². The molecule has 41 heavy (non-hydrogen) atoms. The Labute approximate surface area is 238 Å². The van der Waals surface area contributed by atoms with Gasteiger partial charge in [0.1, 0.15) is 12.1 Å². The van der Waals surface area contributed by atoms with Crippen LogP contribution in [0.4, 0.5) is 0 Å². The number of esters is 1. The third kappa shape index (κ3) is 4.80. The van der Waals surface area contributed by atoms with Gasteiger partial charge in [-0.3, -0.25) is 19.3 Å². The highest BCUT2D eigenvalue weighted by molar-refractivity contribution is 6.23. The third-order valence-corrected chi connectivity index (χ3v) is 7.82. The maximum atomic E-state index is 14.2. The molecule has 7 nitrogen and oxygen atoms in total. The lowest BCUT2D eigenvalue weighted by Gasteiger charge is -2.32. The van der Waals surface area contributed by atoms with Crippen molar-refractivity contribution < 1.29 is 23.9 Å². The predicted molar refractivity (Wildman–Crippen MR) is 152 cm³/mol. The van der Waals surface area contributed by atoms with Gasteiger partial charge in [-0.25, -0.2) is 4.79 Å². The average Bonchev–Trinajstić information content (AvgIpc) is 3.17. The molecule has 6 rings (SSSR count). The summed E-state index contributed by atoms with van der Waals surface area (Å²) < 4.78 is 6.09. The SMILES string of the molecule is C[C@@H](C(=O)OC(c1ccccc1)c1ccccc1)N1Cc2ccccc2C[C@H](N2C(=O)c3ccccc3C2=O)C1=O. The summed E-state index contributed by atoms with van der Waals surface area (Å²) in [6.45, 7) is 1.77.